The van der Waals surface area contributed by atoms with E-state index in [-0.39, 0.29) is 17.3 Å². The third kappa shape index (κ3) is 2.36. The molecule has 0 radical (unpaired) electrons. The number of H-pyrrole nitrogens is 1. The maximum absolute atomic E-state index is 12.3. The summed E-state index contributed by atoms with van der Waals surface area (Å²) >= 11 is 0. The van der Waals surface area contributed by atoms with E-state index in [0.29, 0.717) is 29.5 Å². The Morgan fingerprint density at radius 2 is 1.95 bits per heavy atom. The van der Waals surface area contributed by atoms with Gasteiger partial charge >= 0.3 is 5.97 Å². The van der Waals surface area contributed by atoms with Gasteiger partial charge in [0.15, 0.2) is 5.43 Å². The number of aryl methyl sites for hydroxylation is 1. The third-order valence-electron chi connectivity index (χ3n) is 4.80. The molecule has 0 atom stereocenters. The number of carboxylic acids is 1. The van der Waals surface area contributed by atoms with Crippen LogP contribution in [-0.4, -0.2) is 16.1 Å². The summed E-state index contributed by atoms with van der Waals surface area (Å²) in [7, 11) is 0. The van der Waals surface area contributed by atoms with E-state index >= 15 is 0 Å². The molecule has 0 aliphatic heterocycles. The largest absolute Gasteiger partial charge is 0.481 e. The number of pyridine rings is 1. The quantitative estimate of drug-likeness (QED) is 0.743. The van der Waals surface area contributed by atoms with Crippen molar-refractivity contribution in [3.63, 3.8) is 0 Å². The Morgan fingerprint density at radius 1 is 1.27 bits per heavy atom. The first-order chi connectivity index (χ1) is 10.5. The van der Waals surface area contributed by atoms with Crippen LogP contribution in [0.25, 0.3) is 10.9 Å². The zero-order valence-corrected chi connectivity index (χ0v) is 12.6. The molecule has 1 fully saturated rings. The average molecular weight is 300 g/mol. The number of carboxylic acid groups (broad SMARTS) is 1. The lowest BCUT2D eigenvalue weighted by Gasteiger charge is -2.27. The molecule has 1 aliphatic carbocycles. The standard InChI is InChI=1S/C17H20N2O3/c1-9-8-19-15-12(6-7-13(18)14(15)16(9)20)10-2-4-11(5-3-10)17(21)22/h6-8,10-11H,2-5,18H2,1H3,(H,19,20)(H,21,22)/t10-,11-. The number of anilines is 1. The summed E-state index contributed by atoms with van der Waals surface area (Å²) in [5.74, 6) is -0.667. The van der Waals surface area contributed by atoms with Crippen LogP contribution < -0.4 is 11.2 Å². The van der Waals surface area contributed by atoms with Crippen LogP contribution in [0, 0.1) is 12.8 Å². The minimum Gasteiger partial charge on any atom is -0.481 e. The number of hydrogen-bond donors (Lipinski definition) is 3. The van der Waals surface area contributed by atoms with Crippen LogP contribution >= 0.6 is 0 Å². The van der Waals surface area contributed by atoms with E-state index in [4.69, 9.17) is 10.8 Å². The van der Waals surface area contributed by atoms with Gasteiger partial charge in [0.25, 0.3) is 0 Å². The summed E-state index contributed by atoms with van der Waals surface area (Å²) in [5.41, 5.74) is 8.96. The molecule has 5 nitrogen and oxygen atoms in total. The minimum atomic E-state index is -0.704. The molecule has 2 aromatic rings. The molecule has 22 heavy (non-hydrogen) atoms. The average Bonchev–Trinajstić information content (AvgIpc) is 2.51. The van der Waals surface area contributed by atoms with Gasteiger partial charge in [-0.25, -0.2) is 0 Å². The molecule has 0 saturated heterocycles. The summed E-state index contributed by atoms with van der Waals surface area (Å²) in [5, 5.41) is 9.66. The van der Waals surface area contributed by atoms with Crippen LogP contribution in [0.3, 0.4) is 0 Å². The third-order valence-corrected chi connectivity index (χ3v) is 4.80. The molecule has 0 bridgehead atoms. The van der Waals surface area contributed by atoms with Gasteiger partial charge in [0.1, 0.15) is 0 Å². The van der Waals surface area contributed by atoms with Crippen molar-refractivity contribution in [3.05, 3.63) is 39.7 Å². The summed E-state index contributed by atoms with van der Waals surface area (Å²) in [6.07, 6.45) is 4.73. The number of nitrogens with two attached hydrogens (primary N) is 1. The molecular formula is C17H20N2O3. The van der Waals surface area contributed by atoms with E-state index in [2.05, 4.69) is 4.98 Å². The van der Waals surface area contributed by atoms with Crippen molar-refractivity contribution in [2.45, 2.75) is 38.5 Å². The number of benzene rings is 1. The van der Waals surface area contributed by atoms with Crippen molar-refractivity contribution in [2.24, 2.45) is 5.92 Å². The van der Waals surface area contributed by atoms with Crippen molar-refractivity contribution < 1.29 is 9.90 Å². The second kappa shape index (κ2) is 5.48. The molecule has 3 rings (SSSR count). The van der Waals surface area contributed by atoms with Gasteiger partial charge in [-0.15, -0.1) is 0 Å². The Hall–Kier alpha value is -2.30. The van der Waals surface area contributed by atoms with Gasteiger partial charge in [0.2, 0.25) is 0 Å². The van der Waals surface area contributed by atoms with Crippen LogP contribution in [0.2, 0.25) is 0 Å². The first-order valence-electron chi connectivity index (χ1n) is 7.62. The Morgan fingerprint density at radius 3 is 2.59 bits per heavy atom. The Kier molecular flexibility index (Phi) is 3.64. The van der Waals surface area contributed by atoms with Gasteiger partial charge in [-0.2, -0.15) is 0 Å². The predicted molar refractivity (Wildman–Crippen MR) is 86.1 cm³/mol. The molecule has 0 unspecified atom stereocenters. The minimum absolute atomic E-state index is 0.0349. The molecular weight excluding hydrogens is 280 g/mol. The lowest BCUT2D eigenvalue weighted by molar-refractivity contribution is -0.142. The summed E-state index contributed by atoms with van der Waals surface area (Å²) in [6, 6.07) is 3.75. The van der Waals surface area contributed by atoms with Gasteiger partial charge in [0.05, 0.1) is 16.8 Å². The molecule has 5 heteroatoms. The zero-order chi connectivity index (χ0) is 15.9. The van der Waals surface area contributed by atoms with Crippen molar-refractivity contribution in [2.75, 3.05) is 5.73 Å². The maximum atomic E-state index is 12.3. The molecule has 1 saturated carbocycles. The number of aromatic nitrogens is 1. The Labute approximate surface area is 128 Å². The fraction of sp³-hybridized carbons (Fsp3) is 0.412. The number of aromatic amines is 1. The van der Waals surface area contributed by atoms with Crippen molar-refractivity contribution in [1.82, 2.24) is 4.98 Å². The lowest BCUT2D eigenvalue weighted by Crippen LogP contribution is -2.21. The first kappa shape index (κ1) is 14.6. The zero-order valence-electron chi connectivity index (χ0n) is 12.6. The van der Waals surface area contributed by atoms with Crippen molar-refractivity contribution in [3.8, 4) is 0 Å². The topological polar surface area (TPSA) is 96.2 Å². The van der Waals surface area contributed by atoms with E-state index in [1.165, 1.54) is 0 Å². The molecule has 0 spiro atoms. The second-order valence-electron chi connectivity index (χ2n) is 6.18. The van der Waals surface area contributed by atoms with Gasteiger partial charge in [0, 0.05) is 17.4 Å². The number of aliphatic carboxylic acids is 1. The van der Waals surface area contributed by atoms with Crippen molar-refractivity contribution >= 4 is 22.6 Å². The Bertz CT molecular complexity index is 786. The van der Waals surface area contributed by atoms with E-state index < -0.39 is 5.97 Å². The summed E-state index contributed by atoms with van der Waals surface area (Å²) in [6.45, 7) is 1.77. The van der Waals surface area contributed by atoms with Gasteiger partial charge in [-0.05, 0) is 50.2 Å². The lowest BCUT2D eigenvalue weighted by atomic mass is 9.78. The van der Waals surface area contributed by atoms with Gasteiger partial charge < -0.3 is 15.8 Å². The van der Waals surface area contributed by atoms with Gasteiger partial charge in [-0.1, -0.05) is 6.07 Å². The normalized spacial score (nSPS) is 21.9. The van der Waals surface area contributed by atoms with Crippen LogP contribution in [0.1, 0.15) is 42.7 Å². The van der Waals surface area contributed by atoms with E-state index in [1.54, 1.807) is 19.2 Å². The second-order valence-corrected chi connectivity index (χ2v) is 6.18. The van der Waals surface area contributed by atoms with E-state index in [0.717, 1.165) is 23.9 Å². The molecule has 1 aromatic carbocycles. The molecule has 0 amide bonds. The number of nitrogens with one attached hydrogen (secondary N) is 1. The number of nitrogen functional groups attached to an aromatic ring is 1. The van der Waals surface area contributed by atoms with Crippen LogP contribution in [0.5, 0.6) is 0 Å². The van der Waals surface area contributed by atoms with Crippen LogP contribution in [0.4, 0.5) is 5.69 Å². The van der Waals surface area contributed by atoms with Crippen LogP contribution in [-0.2, 0) is 4.79 Å². The Balaban J connectivity index is 2.03. The first-order valence-corrected chi connectivity index (χ1v) is 7.62. The molecule has 1 aliphatic rings. The van der Waals surface area contributed by atoms with Crippen molar-refractivity contribution in [1.29, 1.82) is 0 Å². The fourth-order valence-electron chi connectivity index (χ4n) is 3.47. The molecule has 1 heterocycles. The number of rotatable bonds is 2. The highest BCUT2D eigenvalue weighted by Gasteiger charge is 2.28. The van der Waals surface area contributed by atoms with E-state index in [1.807, 2.05) is 6.07 Å². The summed E-state index contributed by atoms with van der Waals surface area (Å²) < 4.78 is 0. The fourth-order valence-corrected chi connectivity index (χ4v) is 3.47. The molecule has 1 aromatic heterocycles. The number of carbonyl (C=O) groups is 1. The predicted octanol–water partition coefficient (Wildman–Crippen LogP) is 2.78. The van der Waals surface area contributed by atoms with Gasteiger partial charge in [-0.3, -0.25) is 9.59 Å². The summed E-state index contributed by atoms with van der Waals surface area (Å²) in [4.78, 5) is 26.6. The molecule has 4 N–H and O–H groups in total. The number of fused-ring (bicyclic) bond motifs is 1. The maximum Gasteiger partial charge on any atom is 0.306 e. The highest BCUT2D eigenvalue weighted by molar-refractivity contribution is 5.92. The highest BCUT2D eigenvalue weighted by atomic mass is 16.4. The highest BCUT2D eigenvalue weighted by Crippen LogP contribution is 2.38. The van der Waals surface area contributed by atoms with E-state index in [9.17, 15) is 9.59 Å². The monoisotopic (exact) mass is 300 g/mol. The molecule has 116 valence electrons. The van der Waals surface area contributed by atoms with Crippen LogP contribution in [0.15, 0.2) is 23.1 Å². The smallest absolute Gasteiger partial charge is 0.306 e. The SMILES string of the molecule is Cc1c[nH]c2c(c(N)ccc2[C@H]2CC[C@H](C(=O)O)CC2)c1=O. The number of hydrogen-bond acceptors (Lipinski definition) is 3.